The third kappa shape index (κ3) is 2.99. The van der Waals surface area contributed by atoms with Gasteiger partial charge in [0.1, 0.15) is 5.69 Å². The number of benzene rings is 1. The molecule has 0 amide bonds. The van der Waals surface area contributed by atoms with E-state index in [-0.39, 0.29) is 18.1 Å². The molecule has 0 aliphatic heterocycles. The predicted molar refractivity (Wildman–Crippen MR) is 72.9 cm³/mol. The summed E-state index contributed by atoms with van der Waals surface area (Å²) in [6, 6.07) is 3.47. The minimum absolute atomic E-state index is 0.0948. The molecule has 8 heteroatoms. The molecule has 0 aliphatic rings. The number of aromatic nitrogens is 2. The maximum absolute atomic E-state index is 13.1. The highest BCUT2D eigenvalue weighted by molar-refractivity contribution is 5.60. The summed E-state index contributed by atoms with van der Waals surface area (Å²) in [6.07, 6.45) is 0.428. The number of hydrogen-bond donors (Lipinski definition) is 1. The van der Waals surface area contributed by atoms with Crippen molar-refractivity contribution >= 4 is 11.5 Å². The first-order valence-electron chi connectivity index (χ1n) is 6.32. The second kappa shape index (κ2) is 5.86. The van der Waals surface area contributed by atoms with E-state index in [2.05, 4.69) is 10.4 Å². The molecule has 0 saturated heterocycles. The van der Waals surface area contributed by atoms with Crippen LogP contribution in [0.3, 0.4) is 0 Å². The van der Waals surface area contributed by atoms with Gasteiger partial charge in [-0.15, -0.1) is 0 Å². The minimum Gasteiger partial charge on any atom is -0.360 e. The molecule has 1 aromatic heterocycles. The Morgan fingerprint density at radius 2 is 2.10 bits per heavy atom. The van der Waals surface area contributed by atoms with Crippen molar-refractivity contribution in [3.63, 3.8) is 0 Å². The first kappa shape index (κ1) is 14.9. The first-order chi connectivity index (χ1) is 9.93. The average Bonchev–Trinajstić information content (AvgIpc) is 2.76. The van der Waals surface area contributed by atoms with Crippen LogP contribution in [0.4, 0.5) is 20.3 Å². The lowest BCUT2D eigenvalue weighted by atomic mass is 10.2. The van der Waals surface area contributed by atoms with Crippen molar-refractivity contribution in [1.82, 2.24) is 9.78 Å². The summed E-state index contributed by atoms with van der Waals surface area (Å²) in [5, 5.41) is 18.1. The van der Waals surface area contributed by atoms with Gasteiger partial charge in [0.15, 0.2) is 11.6 Å². The average molecular weight is 296 g/mol. The topological polar surface area (TPSA) is 73.0 Å². The number of halogens is 2. The number of rotatable bonds is 5. The first-order valence-corrected chi connectivity index (χ1v) is 6.32. The molecular weight excluding hydrogens is 282 g/mol. The Morgan fingerprint density at radius 3 is 2.67 bits per heavy atom. The van der Waals surface area contributed by atoms with Crippen molar-refractivity contribution in [2.75, 3.05) is 5.32 Å². The number of anilines is 1. The second-order valence-electron chi connectivity index (χ2n) is 4.48. The Balaban J connectivity index is 2.25. The summed E-state index contributed by atoms with van der Waals surface area (Å²) in [5.74, 6) is -1.65. The lowest BCUT2D eigenvalue weighted by molar-refractivity contribution is -0.384. The molecule has 0 fully saturated rings. The Bertz CT molecular complexity index is 685. The van der Waals surface area contributed by atoms with E-state index >= 15 is 0 Å². The Morgan fingerprint density at radius 1 is 1.38 bits per heavy atom. The van der Waals surface area contributed by atoms with Crippen LogP contribution >= 0.6 is 0 Å². The second-order valence-corrected chi connectivity index (χ2v) is 4.48. The van der Waals surface area contributed by atoms with Crippen LogP contribution in [0.5, 0.6) is 0 Å². The molecule has 112 valence electrons. The normalized spacial score (nSPS) is 10.7. The lowest BCUT2D eigenvalue weighted by Gasteiger charge is -2.06. The molecule has 1 heterocycles. The monoisotopic (exact) mass is 296 g/mol. The van der Waals surface area contributed by atoms with E-state index in [1.165, 1.54) is 10.7 Å². The molecule has 0 spiro atoms. The molecule has 1 N–H and O–H groups in total. The summed E-state index contributed by atoms with van der Waals surface area (Å²) < 4.78 is 27.3. The molecule has 0 radical (unpaired) electrons. The van der Waals surface area contributed by atoms with Gasteiger partial charge in [0.25, 0.3) is 0 Å². The summed E-state index contributed by atoms with van der Waals surface area (Å²) >= 11 is 0. The SMILES string of the molecule is CCc1nn(C)c(NCc2ccc(F)c(F)c2)c1[N+](=O)[O-]. The highest BCUT2D eigenvalue weighted by atomic mass is 19.2. The van der Waals surface area contributed by atoms with Crippen LogP contribution in [0.2, 0.25) is 0 Å². The number of nitrogens with zero attached hydrogens (tertiary/aromatic N) is 3. The zero-order chi connectivity index (χ0) is 15.6. The van der Waals surface area contributed by atoms with Crippen LogP contribution < -0.4 is 5.32 Å². The van der Waals surface area contributed by atoms with Crippen molar-refractivity contribution in [3.8, 4) is 0 Å². The van der Waals surface area contributed by atoms with Gasteiger partial charge in [0, 0.05) is 13.6 Å². The number of aryl methyl sites for hydroxylation is 2. The van der Waals surface area contributed by atoms with E-state index in [0.717, 1.165) is 12.1 Å². The summed E-state index contributed by atoms with van der Waals surface area (Å²) in [6.45, 7) is 1.90. The smallest absolute Gasteiger partial charge is 0.333 e. The fraction of sp³-hybridized carbons (Fsp3) is 0.308. The van der Waals surface area contributed by atoms with Gasteiger partial charge in [-0.05, 0) is 24.1 Å². The summed E-state index contributed by atoms with van der Waals surface area (Å²) in [7, 11) is 1.58. The minimum atomic E-state index is -0.956. The van der Waals surface area contributed by atoms with Crippen LogP contribution in [0.1, 0.15) is 18.2 Å². The standard InChI is InChI=1S/C13H14F2N4O2/c1-3-11-12(19(20)21)13(18(2)17-11)16-7-8-4-5-9(14)10(15)6-8/h4-6,16H,3,7H2,1-2H3. The van der Waals surface area contributed by atoms with Gasteiger partial charge in [-0.3, -0.25) is 10.1 Å². The van der Waals surface area contributed by atoms with Gasteiger partial charge in [0.05, 0.1) is 4.92 Å². The quantitative estimate of drug-likeness (QED) is 0.680. The molecule has 6 nitrogen and oxygen atoms in total. The van der Waals surface area contributed by atoms with Gasteiger partial charge in [0.2, 0.25) is 5.82 Å². The third-order valence-electron chi connectivity index (χ3n) is 3.05. The van der Waals surface area contributed by atoms with Crippen molar-refractivity contribution < 1.29 is 13.7 Å². The van der Waals surface area contributed by atoms with E-state index in [1.54, 1.807) is 14.0 Å². The molecular formula is C13H14F2N4O2. The molecule has 2 aromatic rings. The molecule has 0 saturated carbocycles. The lowest BCUT2D eigenvalue weighted by Crippen LogP contribution is -2.07. The molecule has 1 aromatic carbocycles. The molecule has 2 rings (SSSR count). The zero-order valence-electron chi connectivity index (χ0n) is 11.6. The van der Waals surface area contributed by atoms with Gasteiger partial charge in [-0.25, -0.2) is 13.5 Å². The molecule has 0 aliphatic carbocycles. The number of nitrogens with one attached hydrogen (secondary N) is 1. The highest BCUT2D eigenvalue weighted by Crippen LogP contribution is 2.28. The van der Waals surface area contributed by atoms with Crippen LogP contribution in [0.25, 0.3) is 0 Å². The highest BCUT2D eigenvalue weighted by Gasteiger charge is 2.25. The van der Waals surface area contributed by atoms with E-state index in [1.807, 2.05) is 0 Å². The maximum atomic E-state index is 13.1. The molecule has 21 heavy (non-hydrogen) atoms. The number of hydrogen-bond acceptors (Lipinski definition) is 4. The van der Waals surface area contributed by atoms with Crippen molar-refractivity contribution in [2.45, 2.75) is 19.9 Å². The van der Waals surface area contributed by atoms with Crippen LogP contribution in [0.15, 0.2) is 18.2 Å². The van der Waals surface area contributed by atoms with Gasteiger partial charge < -0.3 is 5.32 Å². The third-order valence-corrected chi connectivity index (χ3v) is 3.05. The molecule has 0 atom stereocenters. The van der Waals surface area contributed by atoms with Crippen LogP contribution in [0, 0.1) is 21.7 Å². The van der Waals surface area contributed by atoms with E-state index in [9.17, 15) is 18.9 Å². The van der Waals surface area contributed by atoms with Crippen molar-refractivity contribution in [3.05, 3.63) is 51.2 Å². The van der Waals surface area contributed by atoms with Gasteiger partial charge in [-0.1, -0.05) is 13.0 Å². The van der Waals surface area contributed by atoms with E-state index in [4.69, 9.17) is 0 Å². The fourth-order valence-corrected chi connectivity index (χ4v) is 2.03. The van der Waals surface area contributed by atoms with E-state index in [0.29, 0.717) is 17.7 Å². The predicted octanol–water partition coefficient (Wildman–Crippen LogP) is 2.78. The molecule has 0 unspecified atom stereocenters. The van der Waals surface area contributed by atoms with Crippen molar-refractivity contribution in [1.29, 1.82) is 0 Å². The summed E-state index contributed by atoms with van der Waals surface area (Å²) in [4.78, 5) is 10.6. The van der Waals surface area contributed by atoms with Crippen LogP contribution in [-0.4, -0.2) is 14.7 Å². The van der Waals surface area contributed by atoms with Gasteiger partial charge >= 0.3 is 5.69 Å². The van der Waals surface area contributed by atoms with E-state index < -0.39 is 16.6 Å². The molecule has 0 bridgehead atoms. The van der Waals surface area contributed by atoms with Crippen LogP contribution in [-0.2, 0) is 20.0 Å². The summed E-state index contributed by atoms with van der Waals surface area (Å²) in [5.41, 5.74) is 0.750. The number of nitro groups is 1. The maximum Gasteiger partial charge on any atom is 0.333 e. The fourth-order valence-electron chi connectivity index (χ4n) is 2.03. The zero-order valence-corrected chi connectivity index (χ0v) is 11.6. The Labute approximate surface area is 119 Å². The largest absolute Gasteiger partial charge is 0.360 e. The van der Waals surface area contributed by atoms with Gasteiger partial charge in [-0.2, -0.15) is 5.10 Å². The Kier molecular flexibility index (Phi) is 4.15. The van der Waals surface area contributed by atoms with Crippen molar-refractivity contribution in [2.24, 2.45) is 7.05 Å². The Hall–Kier alpha value is -2.51.